The number of hydrogen-bond donors (Lipinski definition) is 0. The van der Waals surface area contributed by atoms with E-state index in [0.29, 0.717) is 0 Å². The number of aromatic nitrogens is 1. The van der Waals surface area contributed by atoms with Crippen molar-refractivity contribution in [1.29, 1.82) is 0 Å². The van der Waals surface area contributed by atoms with Crippen LogP contribution in [0.4, 0.5) is 0 Å². The molecule has 0 amide bonds. The summed E-state index contributed by atoms with van der Waals surface area (Å²) in [5.41, 5.74) is 1.12. The van der Waals surface area contributed by atoms with E-state index in [1.165, 1.54) is 0 Å². The Kier molecular flexibility index (Phi) is 1.74. The van der Waals surface area contributed by atoms with Gasteiger partial charge in [-0.2, -0.15) is 0 Å². The minimum Gasteiger partial charge on any atom is -0.264 e. The van der Waals surface area contributed by atoms with Gasteiger partial charge in [0.05, 0.1) is 0 Å². The van der Waals surface area contributed by atoms with Crippen LogP contribution in [0.5, 0.6) is 0 Å². The van der Waals surface area contributed by atoms with E-state index in [0.717, 1.165) is 21.4 Å². The van der Waals surface area contributed by atoms with E-state index in [9.17, 15) is 0 Å². The third-order valence-electron chi connectivity index (χ3n) is 1.92. The van der Waals surface area contributed by atoms with Crippen LogP contribution >= 0.6 is 11.6 Å². The highest BCUT2D eigenvalue weighted by Crippen LogP contribution is 2.24. The number of hydrogen-bond acceptors (Lipinski definition) is 1. The minimum atomic E-state index is 0.799. The van der Waals surface area contributed by atoms with Gasteiger partial charge in [0.2, 0.25) is 0 Å². The van der Waals surface area contributed by atoms with Gasteiger partial charge in [0, 0.05) is 28.2 Å². The molecule has 0 atom stereocenters. The lowest BCUT2D eigenvalue weighted by Gasteiger charge is -2.01. The molecular weight excluding hydrogens is 170 g/mol. The van der Waals surface area contributed by atoms with E-state index in [2.05, 4.69) is 4.98 Å². The molecule has 1 heterocycles. The molecule has 60 valence electrons. The Labute approximate surface area is 76.0 Å². The zero-order chi connectivity index (χ0) is 8.55. The molecule has 0 N–H and O–H groups in total. The van der Waals surface area contributed by atoms with Crippen molar-refractivity contribution in [3.05, 3.63) is 41.2 Å². The highest BCUT2D eigenvalue weighted by atomic mass is 35.5. The molecule has 2 aromatic rings. The number of benzene rings is 1. The van der Waals surface area contributed by atoms with E-state index in [4.69, 9.17) is 11.6 Å². The second kappa shape index (κ2) is 2.76. The molecule has 1 nitrogen and oxygen atoms in total. The van der Waals surface area contributed by atoms with Gasteiger partial charge in [-0.3, -0.25) is 4.98 Å². The van der Waals surface area contributed by atoms with Crippen LogP contribution in [0, 0.1) is 6.92 Å². The summed E-state index contributed by atoms with van der Waals surface area (Å²) in [7, 11) is 0. The second-order valence-corrected chi connectivity index (χ2v) is 3.20. The van der Waals surface area contributed by atoms with Crippen LogP contribution in [-0.4, -0.2) is 4.98 Å². The van der Waals surface area contributed by atoms with Crippen LogP contribution in [0.2, 0.25) is 5.02 Å². The maximum Gasteiger partial charge on any atom is 0.0488 e. The van der Waals surface area contributed by atoms with Gasteiger partial charge in [-0.1, -0.05) is 23.7 Å². The average molecular weight is 178 g/mol. The first kappa shape index (κ1) is 7.56. The minimum absolute atomic E-state index is 0.799. The Morgan fingerprint density at radius 3 is 2.83 bits per heavy atom. The van der Waals surface area contributed by atoms with Crippen LogP contribution in [0.3, 0.4) is 0 Å². The Morgan fingerprint density at radius 1 is 1.25 bits per heavy atom. The molecule has 0 fully saturated rings. The Balaban J connectivity index is 2.96. The number of nitrogens with zero attached hydrogens (tertiary/aromatic N) is 1. The van der Waals surface area contributed by atoms with Gasteiger partial charge < -0.3 is 0 Å². The Bertz CT molecular complexity index is 386. The number of rotatable bonds is 0. The van der Waals surface area contributed by atoms with Crippen molar-refractivity contribution >= 4 is 22.4 Å². The predicted molar refractivity (Wildman–Crippen MR) is 51.5 cm³/mol. The summed E-state index contributed by atoms with van der Waals surface area (Å²) in [4.78, 5) is 4.09. The average Bonchev–Trinajstić information content (AvgIpc) is 2.04. The summed E-state index contributed by atoms with van der Waals surface area (Å²) >= 11 is 6.03. The highest BCUT2D eigenvalue weighted by molar-refractivity contribution is 6.35. The molecule has 0 saturated carbocycles. The van der Waals surface area contributed by atoms with Gasteiger partial charge in [-0.05, 0) is 18.6 Å². The molecular formula is C10H8ClN. The zero-order valence-corrected chi connectivity index (χ0v) is 7.47. The highest BCUT2D eigenvalue weighted by Gasteiger charge is 2.00. The fourth-order valence-corrected chi connectivity index (χ4v) is 1.69. The predicted octanol–water partition coefficient (Wildman–Crippen LogP) is 3.20. The van der Waals surface area contributed by atoms with Gasteiger partial charge in [0.1, 0.15) is 0 Å². The standard InChI is InChI=1S/C10H8ClN/c1-7-5-12-6-8-3-2-4-9(11)10(7)8/h2-6H,1H3. The molecule has 12 heavy (non-hydrogen) atoms. The summed E-state index contributed by atoms with van der Waals surface area (Å²) in [6, 6.07) is 5.85. The van der Waals surface area contributed by atoms with E-state index in [1.54, 1.807) is 0 Å². The second-order valence-electron chi connectivity index (χ2n) is 2.79. The lowest BCUT2D eigenvalue weighted by atomic mass is 10.1. The van der Waals surface area contributed by atoms with E-state index in [1.807, 2.05) is 37.5 Å². The summed E-state index contributed by atoms with van der Waals surface area (Å²) < 4.78 is 0. The SMILES string of the molecule is Cc1cncc2cccc(Cl)c12. The van der Waals surface area contributed by atoms with Crippen LogP contribution in [0.1, 0.15) is 5.56 Å². The largest absolute Gasteiger partial charge is 0.264 e. The first-order valence-corrected chi connectivity index (χ1v) is 4.15. The summed E-state index contributed by atoms with van der Waals surface area (Å²) in [6.45, 7) is 2.02. The first-order valence-electron chi connectivity index (χ1n) is 3.78. The fraction of sp³-hybridized carbons (Fsp3) is 0.100. The van der Waals surface area contributed by atoms with Gasteiger partial charge in [-0.25, -0.2) is 0 Å². The summed E-state index contributed by atoms with van der Waals surface area (Å²) in [6.07, 6.45) is 3.66. The molecule has 0 unspecified atom stereocenters. The molecule has 0 aliphatic rings. The molecule has 2 heteroatoms. The van der Waals surface area contributed by atoms with E-state index < -0.39 is 0 Å². The maximum atomic E-state index is 6.03. The third-order valence-corrected chi connectivity index (χ3v) is 2.24. The molecule has 0 bridgehead atoms. The first-order chi connectivity index (χ1) is 5.79. The topological polar surface area (TPSA) is 12.9 Å². The molecule has 1 aromatic heterocycles. The van der Waals surface area contributed by atoms with Crippen LogP contribution < -0.4 is 0 Å². The fourth-order valence-electron chi connectivity index (χ4n) is 1.36. The zero-order valence-electron chi connectivity index (χ0n) is 6.71. The molecule has 0 radical (unpaired) electrons. The number of aryl methyl sites for hydroxylation is 1. The maximum absolute atomic E-state index is 6.03. The van der Waals surface area contributed by atoms with Gasteiger partial charge in [-0.15, -0.1) is 0 Å². The molecule has 0 aliphatic heterocycles. The third kappa shape index (κ3) is 1.07. The lowest BCUT2D eigenvalue weighted by molar-refractivity contribution is 1.31. The number of halogens is 1. The van der Waals surface area contributed by atoms with Gasteiger partial charge in [0.15, 0.2) is 0 Å². The van der Waals surface area contributed by atoms with Crippen molar-refractivity contribution in [2.24, 2.45) is 0 Å². The van der Waals surface area contributed by atoms with Crippen molar-refractivity contribution in [3.63, 3.8) is 0 Å². The Morgan fingerprint density at radius 2 is 2.08 bits per heavy atom. The van der Waals surface area contributed by atoms with E-state index >= 15 is 0 Å². The van der Waals surface area contributed by atoms with Crippen molar-refractivity contribution in [3.8, 4) is 0 Å². The van der Waals surface area contributed by atoms with E-state index in [-0.39, 0.29) is 0 Å². The summed E-state index contributed by atoms with van der Waals surface area (Å²) in [5, 5.41) is 3.00. The monoisotopic (exact) mass is 177 g/mol. The smallest absolute Gasteiger partial charge is 0.0488 e. The van der Waals surface area contributed by atoms with Crippen molar-refractivity contribution in [1.82, 2.24) is 4.98 Å². The van der Waals surface area contributed by atoms with Crippen LogP contribution in [0.15, 0.2) is 30.6 Å². The number of fused-ring (bicyclic) bond motifs is 1. The lowest BCUT2D eigenvalue weighted by Crippen LogP contribution is -1.81. The van der Waals surface area contributed by atoms with Crippen LogP contribution in [0.25, 0.3) is 10.8 Å². The van der Waals surface area contributed by atoms with Crippen molar-refractivity contribution in [2.45, 2.75) is 6.92 Å². The van der Waals surface area contributed by atoms with Crippen molar-refractivity contribution in [2.75, 3.05) is 0 Å². The molecule has 1 aromatic carbocycles. The van der Waals surface area contributed by atoms with Gasteiger partial charge >= 0.3 is 0 Å². The quantitative estimate of drug-likeness (QED) is 0.602. The van der Waals surface area contributed by atoms with Gasteiger partial charge in [0.25, 0.3) is 0 Å². The number of pyridine rings is 1. The molecule has 0 aliphatic carbocycles. The van der Waals surface area contributed by atoms with Crippen LogP contribution in [-0.2, 0) is 0 Å². The summed E-state index contributed by atoms with van der Waals surface area (Å²) in [5.74, 6) is 0. The molecule has 0 saturated heterocycles. The Hall–Kier alpha value is -1.08. The molecule has 0 spiro atoms. The molecule has 2 rings (SSSR count). The van der Waals surface area contributed by atoms with Crippen molar-refractivity contribution < 1.29 is 0 Å². The normalized spacial score (nSPS) is 10.5.